The van der Waals surface area contributed by atoms with E-state index in [1.54, 1.807) is 31.0 Å². The highest BCUT2D eigenvalue weighted by Gasteiger charge is 2.23. The van der Waals surface area contributed by atoms with Gasteiger partial charge in [0.15, 0.2) is 5.65 Å². The highest BCUT2D eigenvalue weighted by atomic mass is 19.1. The van der Waals surface area contributed by atoms with E-state index in [4.69, 9.17) is 0 Å². The van der Waals surface area contributed by atoms with Gasteiger partial charge in [0.2, 0.25) is 0 Å². The van der Waals surface area contributed by atoms with Crippen LogP contribution in [0.15, 0.2) is 67.4 Å². The molecule has 5 aromatic heterocycles. The number of nitrogens with zero attached hydrogens (tertiary/aromatic N) is 4. The van der Waals surface area contributed by atoms with Gasteiger partial charge >= 0.3 is 0 Å². The Morgan fingerprint density at radius 3 is 2.55 bits per heavy atom. The third kappa shape index (κ3) is 4.42. The van der Waals surface area contributed by atoms with Crippen molar-refractivity contribution in [3.05, 3.63) is 73.2 Å². The largest absolute Gasteiger partial charge is 0.508 e. The highest BCUT2D eigenvalue weighted by Crippen LogP contribution is 2.36. The normalized spacial score (nSPS) is 14.8. The molecule has 1 atom stereocenters. The van der Waals surface area contributed by atoms with Crippen LogP contribution in [0.25, 0.3) is 55.6 Å². The van der Waals surface area contributed by atoms with E-state index in [-0.39, 0.29) is 11.7 Å². The van der Waals surface area contributed by atoms with Crippen LogP contribution in [-0.2, 0) is 0 Å². The average Bonchev–Trinajstić information content (AvgIpc) is 3.71. The van der Waals surface area contributed by atoms with Crippen molar-refractivity contribution in [1.29, 1.82) is 0 Å². The van der Waals surface area contributed by atoms with E-state index < -0.39 is 12.0 Å². The molecule has 1 unspecified atom stereocenters. The number of aliphatic hydroxyl groups excluding tert-OH is 1. The number of phenolic OH excluding ortho intramolecular Hbond substituents is 1. The minimum absolute atomic E-state index is 0.151. The lowest BCUT2D eigenvalue weighted by molar-refractivity contribution is 0.137. The lowest BCUT2D eigenvalue weighted by Gasteiger charge is -2.20. The number of anilines is 1. The van der Waals surface area contributed by atoms with Crippen molar-refractivity contribution in [2.75, 3.05) is 5.32 Å². The highest BCUT2D eigenvalue weighted by molar-refractivity contribution is 6.00. The predicted molar refractivity (Wildman–Crippen MR) is 151 cm³/mol. The Hall–Kier alpha value is -4.83. The van der Waals surface area contributed by atoms with E-state index in [2.05, 4.69) is 35.5 Å². The quantitative estimate of drug-likeness (QED) is 0.165. The number of hydrogen-bond donors (Lipinski definition) is 5. The van der Waals surface area contributed by atoms with Crippen molar-refractivity contribution in [1.82, 2.24) is 30.1 Å². The van der Waals surface area contributed by atoms with Crippen LogP contribution in [0.5, 0.6) is 5.75 Å². The first-order valence-corrected chi connectivity index (χ1v) is 13.2. The summed E-state index contributed by atoms with van der Waals surface area (Å²) in [6, 6.07) is 9.85. The fraction of sp³-hybridized carbons (Fsp3) is 0.200. The van der Waals surface area contributed by atoms with Crippen LogP contribution in [0.4, 0.5) is 10.1 Å². The molecule has 5 heterocycles. The second-order valence-electron chi connectivity index (χ2n) is 10.3. The number of halogens is 1. The van der Waals surface area contributed by atoms with Gasteiger partial charge in [-0.25, -0.2) is 9.37 Å². The number of benzene rings is 1. The Kier molecular flexibility index (Phi) is 5.89. The first kappa shape index (κ1) is 24.2. The maximum Gasteiger partial charge on any atom is 0.155 e. The van der Waals surface area contributed by atoms with Gasteiger partial charge in [-0.15, -0.1) is 0 Å². The summed E-state index contributed by atoms with van der Waals surface area (Å²) >= 11 is 0. The number of aliphatic hydroxyl groups is 1. The van der Waals surface area contributed by atoms with Gasteiger partial charge in [-0.1, -0.05) is 12.8 Å². The zero-order valence-corrected chi connectivity index (χ0v) is 21.4. The molecule has 6 aromatic rings. The zero-order valence-electron chi connectivity index (χ0n) is 21.4. The van der Waals surface area contributed by atoms with E-state index in [1.165, 1.54) is 12.1 Å². The Bertz CT molecular complexity index is 1840. The number of phenols is 1. The van der Waals surface area contributed by atoms with Crippen LogP contribution in [0, 0.1) is 11.7 Å². The molecule has 1 aromatic carbocycles. The molecule has 9 nitrogen and oxygen atoms in total. The molecule has 0 amide bonds. The Labute approximate surface area is 228 Å². The first-order valence-electron chi connectivity index (χ1n) is 13.2. The van der Waals surface area contributed by atoms with Gasteiger partial charge in [0, 0.05) is 58.0 Å². The number of rotatable bonds is 6. The second-order valence-corrected chi connectivity index (χ2v) is 10.3. The van der Waals surface area contributed by atoms with E-state index in [9.17, 15) is 14.6 Å². The lowest BCUT2D eigenvalue weighted by Crippen LogP contribution is -2.26. The molecule has 1 fully saturated rings. The van der Waals surface area contributed by atoms with Crippen LogP contribution in [-0.4, -0.2) is 46.6 Å². The summed E-state index contributed by atoms with van der Waals surface area (Å²) in [6.45, 7) is 0. The summed E-state index contributed by atoms with van der Waals surface area (Å²) in [7, 11) is 0. The Morgan fingerprint density at radius 1 is 0.875 bits per heavy atom. The summed E-state index contributed by atoms with van der Waals surface area (Å²) in [4.78, 5) is 16.6. The summed E-state index contributed by atoms with van der Waals surface area (Å²) in [5.74, 6) is -0.420. The number of hydrogen-bond acceptors (Lipinski definition) is 7. The molecule has 1 aliphatic rings. The van der Waals surface area contributed by atoms with E-state index >= 15 is 0 Å². The van der Waals surface area contributed by atoms with Gasteiger partial charge in [0.25, 0.3) is 0 Å². The molecule has 10 heteroatoms. The maximum atomic E-state index is 14.0. The van der Waals surface area contributed by atoms with Crippen LogP contribution >= 0.6 is 0 Å². The van der Waals surface area contributed by atoms with Crippen molar-refractivity contribution in [2.24, 2.45) is 5.92 Å². The van der Waals surface area contributed by atoms with Crippen LogP contribution < -0.4 is 5.32 Å². The monoisotopic (exact) mass is 535 g/mol. The first-order chi connectivity index (χ1) is 19.5. The SMILES string of the molecule is Oc1cc(F)cc(-c2cncc3[nH]c(-c4n[nH]c5ncc(-c6cncc(NC(O)C7CCCC7)c6)cc45)cc23)c1. The topological polar surface area (TPSA) is 136 Å². The van der Waals surface area contributed by atoms with Crippen LogP contribution in [0.1, 0.15) is 25.7 Å². The maximum absolute atomic E-state index is 14.0. The number of fused-ring (bicyclic) bond motifs is 2. The number of pyridine rings is 3. The number of H-pyrrole nitrogens is 2. The van der Waals surface area contributed by atoms with Crippen LogP contribution in [0.2, 0.25) is 0 Å². The molecular formula is C30H26FN7O2. The summed E-state index contributed by atoms with van der Waals surface area (Å²) in [5.41, 5.74) is 6.47. The fourth-order valence-corrected chi connectivity index (χ4v) is 5.64. The molecule has 40 heavy (non-hydrogen) atoms. The molecule has 0 aliphatic heterocycles. The minimum Gasteiger partial charge on any atom is -0.508 e. The molecule has 0 spiro atoms. The number of aromatic nitrogens is 6. The third-order valence-electron chi connectivity index (χ3n) is 7.64. The summed E-state index contributed by atoms with van der Waals surface area (Å²) < 4.78 is 14.0. The Morgan fingerprint density at radius 2 is 1.70 bits per heavy atom. The van der Waals surface area contributed by atoms with Gasteiger partial charge in [-0.05, 0) is 48.7 Å². The zero-order chi connectivity index (χ0) is 27.2. The molecule has 1 saturated carbocycles. The van der Waals surface area contributed by atoms with Gasteiger partial charge in [-0.2, -0.15) is 5.10 Å². The van der Waals surface area contributed by atoms with E-state index in [0.717, 1.165) is 70.5 Å². The summed E-state index contributed by atoms with van der Waals surface area (Å²) in [5, 5.41) is 32.9. The Balaban J connectivity index is 1.25. The molecule has 0 radical (unpaired) electrons. The van der Waals surface area contributed by atoms with Crippen molar-refractivity contribution >= 4 is 27.6 Å². The molecule has 0 bridgehead atoms. The standard InChI is InChI=1S/C30H26FN7O2/c31-20-5-17(7-22(39)9-20)25-14-33-15-27-23(25)10-26(36-27)28-24-8-19(12-34-29(24)38-37-28)18-6-21(13-32-11-18)35-30(40)16-3-1-2-4-16/h5-16,30,35-36,39-40H,1-4H2,(H,34,37,38). The van der Waals surface area contributed by atoms with Crippen molar-refractivity contribution < 1.29 is 14.6 Å². The molecule has 7 rings (SSSR count). The van der Waals surface area contributed by atoms with Crippen LogP contribution in [0.3, 0.4) is 0 Å². The number of nitrogens with one attached hydrogen (secondary N) is 3. The molecule has 0 saturated heterocycles. The molecular weight excluding hydrogens is 509 g/mol. The second kappa shape index (κ2) is 9.73. The van der Waals surface area contributed by atoms with Gasteiger partial charge < -0.3 is 20.5 Å². The van der Waals surface area contributed by atoms with Crippen molar-refractivity contribution in [2.45, 2.75) is 31.9 Å². The number of aromatic amines is 2. The van der Waals surface area contributed by atoms with Crippen molar-refractivity contribution in [3.8, 4) is 39.4 Å². The van der Waals surface area contributed by atoms with Crippen molar-refractivity contribution in [3.63, 3.8) is 0 Å². The number of aromatic hydroxyl groups is 1. The third-order valence-corrected chi connectivity index (χ3v) is 7.64. The molecule has 5 N–H and O–H groups in total. The van der Waals surface area contributed by atoms with Gasteiger partial charge in [-0.3, -0.25) is 15.1 Å². The minimum atomic E-state index is -0.599. The predicted octanol–water partition coefficient (Wildman–Crippen LogP) is 6.00. The summed E-state index contributed by atoms with van der Waals surface area (Å²) in [6.07, 6.45) is 12.4. The smallest absolute Gasteiger partial charge is 0.155 e. The van der Waals surface area contributed by atoms with Gasteiger partial charge in [0.05, 0.1) is 29.3 Å². The fourth-order valence-electron chi connectivity index (χ4n) is 5.64. The van der Waals surface area contributed by atoms with Gasteiger partial charge in [0.1, 0.15) is 23.5 Å². The lowest BCUT2D eigenvalue weighted by atomic mass is 10.0. The molecule has 1 aliphatic carbocycles. The van der Waals surface area contributed by atoms with E-state index in [1.807, 2.05) is 18.2 Å². The molecule has 200 valence electrons. The average molecular weight is 536 g/mol. The van der Waals surface area contributed by atoms with E-state index in [0.29, 0.717) is 22.5 Å².